The molecule has 2 bridgehead atoms. The Hall–Kier alpha value is -1.97. The topological polar surface area (TPSA) is 139 Å². The van der Waals surface area contributed by atoms with Crippen LogP contribution in [0.1, 0.15) is 114 Å². The number of aromatic nitrogens is 3. The number of carboxylic acids is 1. The van der Waals surface area contributed by atoms with Crippen LogP contribution >= 0.6 is 0 Å². The summed E-state index contributed by atoms with van der Waals surface area (Å²) in [5, 5.41) is 15.7. The lowest BCUT2D eigenvalue weighted by Gasteiger charge is -2.71. The van der Waals surface area contributed by atoms with Crippen LogP contribution in [0.5, 0.6) is 0 Å². The van der Waals surface area contributed by atoms with Crippen LogP contribution in [0.15, 0.2) is 18.0 Å². The molecule has 1 saturated heterocycles. The quantitative estimate of drug-likeness (QED) is 0.275. The Labute approximate surface area is 283 Å². The van der Waals surface area contributed by atoms with Crippen LogP contribution in [-0.2, 0) is 14.3 Å². The van der Waals surface area contributed by atoms with Gasteiger partial charge in [0.25, 0.3) is 0 Å². The van der Waals surface area contributed by atoms with Gasteiger partial charge in [0.2, 0.25) is 5.95 Å². The third-order valence-electron chi connectivity index (χ3n) is 15.5. The van der Waals surface area contributed by atoms with Gasteiger partial charge in [-0.15, -0.1) is 5.10 Å². The van der Waals surface area contributed by atoms with E-state index in [1.807, 2.05) is 4.68 Å². The lowest BCUT2D eigenvalue weighted by molar-refractivity contribution is -0.251. The van der Waals surface area contributed by atoms with Crippen molar-refractivity contribution in [2.45, 2.75) is 126 Å². The lowest BCUT2D eigenvalue weighted by Crippen LogP contribution is -2.69. The standard InChI is InChI=1S/C38H63N5O4/c1-22(2)23(3)34(7)15-16-36(9)24-11-12-27-35(8)19-46-20-38(27,25(24)13-14-37(36,10)29(34)31(44)45)17-26(43-21-41-32(40)42-43)30(35)47-18-28(39)33(4,5)6/h13,21-24,26-30H,11-12,14-20,39H2,1-10H3,(H2,40,42)(H,44,45)/t23-,24+,26-,27+,28+,29-,30+,34-,35-,36-,37+,38+/m1/s1. The number of hydrogen-bond acceptors (Lipinski definition) is 7. The third kappa shape index (κ3) is 4.90. The largest absolute Gasteiger partial charge is 0.481 e. The highest BCUT2D eigenvalue weighted by atomic mass is 16.5. The van der Waals surface area contributed by atoms with E-state index in [1.54, 1.807) is 6.33 Å². The van der Waals surface area contributed by atoms with Gasteiger partial charge >= 0.3 is 5.97 Å². The Morgan fingerprint density at radius 1 is 1.13 bits per heavy atom. The first-order valence-electron chi connectivity index (χ1n) is 18.3. The predicted octanol–water partition coefficient (Wildman–Crippen LogP) is 6.75. The molecule has 0 amide bonds. The second-order valence-electron chi connectivity index (χ2n) is 18.9. The summed E-state index contributed by atoms with van der Waals surface area (Å²) in [6.45, 7) is 24.4. The number of nitrogen functional groups attached to an aromatic ring is 1. The smallest absolute Gasteiger partial charge is 0.307 e. The van der Waals surface area contributed by atoms with Crippen LogP contribution in [0.4, 0.5) is 5.95 Å². The Balaban J connectivity index is 1.44. The number of ether oxygens (including phenoxy) is 2. The second-order valence-corrected chi connectivity index (χ2v) is 18.9. The maximum Gasteiger partial charge on any atom is 0.307 e. The van der Waals surface area contributed by atoms with Gasteiger partial charge in [0.15, 0.2) is 0 Å². The van der Waals surface area contributed by atoms with E-state index in [1.165, 1.54) is 5.57 Å². The maximum atomic E-state index is 13.4. The predicted molar refractivity (Wildman–Crippen MR) is 184 cm³/mol. The number of rotatable bonds is 7. The van der Waals surface area contributed by atoms with Crippen molar-refractivity contribution < 1.29 is 19.4 Å². The second kappa shape index (κ2) is 11.3. The zero-order valence-corrected chi connectivity index (χ0v) is 30.8. The molecule has 264 valence electrons. The number of fused-ring (bicyclic) bond motifs is 3. The molecule has 4 aliphatic carbocycles. The van der Waals surface area contributed by atoms with Crippen molar-refractivity contribution in [2.24, 2.45) is 67.8 Å². The minimum absolute atomic E-state index is 0.0776. The molecule has 5 N–H and O–H groups in total. The van der Waals surface area contributed by atoms with Crippen LogP contribution in [-0.4, -0.2) is 57.8 Å². The van der Waals surface area contributed by atoms with Gasteiger partial charge in [-0.05, 0) is 83.9 Å². The fourth-order valence-electron chi connectivity index (χ4n) is 12.0. The molecule has 3 saturated carbocycles. The molecule has 0 spiro atoms. The number of nitrogens with zero attached hydrogens (tertiary/aromatic N) is 3. The molecule has 5 aliphatic rings. The van der Waals surface area contributed by atoms with Gasteiger partial charge in [-0.3, -0.25) is 4.79 Å². The molecule has 9 heteroatoms. The Kier molecular flexibility index (Phi) is 8.37. The highest BCUT2D eigenvalue weighted by Crippen LogP contribution is 2.75. The molecule has 0 unspecified atom stereocenters. The van der Waals surface area contributed by atoms with E-state index in [-0.39, 0.29) is 56.6 Å². The molecule has 6 rings (SSSR count). The van der Waals surface area contributed by atoms with Crippen molar-refractivity contribution in [3.8, 4) is 0 Å². The van der Waals surface area contributed by atoms with Gasteiger partial charge in [0.05, 0.1) is 37.9 Å². The van der Waals surface area contributed by atoms with Crippen molar-refractivity contribution in [1.82, 2.24) is 14.8 Å². The van der Waals surface area contributed by atoms with Gasteiger partial charge in [-0.1, -0.05) is 80.9 Å². The SMILES string of the molecule is CC(C)[C@@H](C)[C@@]1(C)CC[C@]2(C)[C@H]3CC[C@@H]4[C@@]5(COC[C@@]4(C)[C@@H](OC[C@H](N)C(C)(C)C)[C@H](n4cnc(N)n4)C5)C3=CC[C@@]2(C)[C@@H]1C(=O)O. The highest BCUT2D eigenvalue weighted by Gasteiger charge is 2.72. The molecule has 1 aromatic heterocycles. The molecular weight excluding hydrogens is 590 g/mol. The first kappa shape index (κ1) is 34.9. The van der Waals surface area contributed by atoms with E-state index in [2.05, 4.69) is 85.4 Å². The van der Waals surface area contributed by atoms with E-state index in [0.717, 1.165) is 38.5 Å². The molecule has 12 atom stereocenters. The monoisotopic (exact) mass is 653 g/mol. The summed E-state index contributed by atoms with van der Waals surface area (Å²) in [5.74, 6) is 0.650. The van der Waals surface area contributed by atoms with Crippen molar-refractivity contribution in [2.75, 3.05) is 25.6 Å². The number of nitrogens with two attached hydrogens (primary N) is 2. The van der Waals surface area contributed by atoms with Crippen LogP contribution in [0.2, 0.25) is 0 Å². The molecule has 0 aromatic carbocycles. The van der Waals surface area contributed by atoms with Crippen LogP contribution < -0.4 is 11.5 Å². The van der Waals surface area contributed by atoms with Crippen LogP contribution in [0.25, 0.3) is 0 Å². The van der Waals surface area contributed by atoms with Gasteiger partial charge < -0.3 is 26.0 Å². The Morgan fingerprint density at radius 3 is 2.43 bits per heavy atom. The summed E-state index contributed by atoms with van der Waals surface area (Å²) >= 11 is 0. The van der Waals surface area contributed by atoms with Gasteiger partial charge in [0, 0.05) is 16.9 Å². The minimum Gasteiger partial charge on any atom is -0.481 e. The molecule has 9 nitrogen and oxygen atoms in total. The van der Waals surface area contributed by atoms with Gasteiger partial charge in [-0.2, -0.15) is 0 Å². The average Bonchev–Trinajstić information content (AvgIpc) is 3.41. The summed E-state index contributed by atoms with van der Waals surface area (Å²) in [7, 11) is 0. The summed E-state index contributed by atoms with van der Waals surface area (Å²) in [5.41, 5.74) is 13.0. The number of allylic oxidation sites excluding steroid dienone is 1. The van der Waals surface area contributed by atoms with Gasteiger partial charge in [0.1, 0.15) is 6.33 Å². The Morgan fingerprint density at radius 2 is 1.83 bits per heavy atom. The number of aliphatic carboxylic acids is 1. The number of anilines is 1. The fraction of sp³-hybridized carbons (Fsp3) is 0.868. The van der Waals surface area contributed by atoms with E-state index in [9.17, 15) is 9.90 Å². The van der Waals surface area contributed by atoms with E-state index in [4.69, 9.17) is 20.9 Å². The molecule has 47 heavy (non-hydrogen) atoms. The number of carboxylic acid groups (broad SMARTS) is 1. The first-order chi connectivity index (χ1) is 21.8. The molecular formula is C38H63N5O4. The summed E-state index contributed by atoms with van der Waals surface area (Å²) < 4.78 is 15.5. The highest BCUT2D eigenvalue weighted by molar-refractivity contribution is 5.73. The average molecular weight is 654 g/mol. The van der Waals surface area contributed by atoms with Crippen molar-refractivity contribution in [3.63, 3.8) is 0 Å². The lowest BCUT2D eigenvalue weighted by atomic mass is 9.34. The van der Waals surface area contributed by atoms with Crippen molar-refractivity contribution in [1.29, 1.82) is 0 Å². The summed E-state index contributed by atoms with van der Waals surface area (Å²) in [6, 6.07) is -0.193. The molecule has 0 radical (unpaired) electrons. The molecule has 4 fully saturated rings. The van der Waals surface area contributed by atoms with Gasteiger partial charge in [-0.25, -0.2) is 9.67 Å². The van der Waals surface area contributed by atoms with E-state index < -0.39 is 11.9 Å². The van der Waals surface area contributed by atoms with E-state index >= 15 is 0 Å². The van der Waals surface area contributed by atoms with Crippen molar-refractivity contribution >= 4 is 11.9 Å². The van der Waals surface area contributed by atoms with Crippen molar-refractivity contribution in [3.05, 3.63) is 18.0 Å². The maximum absolute atomic E-state index is 13.4. The van der Waals surface area contributed by atoms with E-state index in [0.29, 0.717) is 43.5 Å². The van der Waals surface area contributed by atoms with Crippen LogP contribution in [0, 0.1) is 62.1 Å². The van der Waals surface area contributed by atoms with Crippen LogP contribution in [0.3, 0.4) is 0 Å². The summed E-state index contributed by atoms with van der Waals surface area (Å²) in [4.78, 5) is 17.8. The zero-order chi connectivity index (χ0) is 34.5. The zero-order valence-electron chi connectivity index (χ0n) is 30.8. The molecule has 1 aliphatic heterocycles. The fourth-order valence-corrected chi connectivity index (χ4v) is 12.0. The third-order valence-corrected chi connectivity index (χ3v) is 15.5. The Bertz CT molecular complexity index is 1400. The number of hydrogen-bond donors (Lipinski definition) is 3. The molecule has 1 aromatic rings. The molecule has 2 heterocycles. The summed E-state index contributed by atoms with van der Waals surface area (Å²) in [6.07, 6.45) is 9.82. The normalized spacial score (nSPS) is 44.5. The minimum atomic E-state index is -0.624. The number of carbonyl (C=O) groups is 1. The first-order valence-corrected chi connectivity index (χ1v) is 18.3.